The molecule has 0 spiro atoms. The minimum atomic E-state index is -0.288. The monoisotopic (exact) mass is 482 g/mol. The number of carbonyl (C=O) groups is 1. The van der Waals surface area contributed by atoms with Crippen LogP contribution in [0.1, 0.15) is 49.8 Å². The van der Waals surface area contributed by atoms with Crippen molar-refractivity contribution in [2.75, 3.05) is 20.3 Å². The van der Waals surface area contributed by atoms with Gasteiger partial charge in [0.1, 0.15) is 11.5 Å². The SMILES string of the molecule is COc1ccc(-n2nc(C3(COCC4=CCCC=C4)CCC(=O)CC3)cc2-c2ccc(C)cc2)cc1. The zero-order chi connectivity index (χ0) is 25.0. The molecule has 0 aliphatic heterocycles. The predicted octanol–water partition coefficient (Wildman–Crippen LogP) is 6.53. The molecule has 1 aromatic heterocycles. The van der Waals surface area contributed by atoms with E-state index < -0.39 is 0 Å². The molecule has 3 aromatic rings. The largest absolute Gasteiger partial charge is 0.497 e. The Morgan fingerprint density at radius 1 is 1.00 bits per heavy atom. The third-order valence-electron chi connectivity index (χ3n) is 7.40. The van der Waals surface area contributed by atoms with Gasteiger partial charge in [0.05, 0.1) is 37.4 Å². The Kier molecular flexibility index (Phi) is 7.19. The first-order chi connectivity index (χ1) is 17.6. The van der Waals surface area contributed by atoms with Crippen LogP contribution in [0.2, 0.25) is 0 Å². The summed E-state index contributed by atoms with van der Waals surface area (Å²) in [5.41, 5.74) is 6.26. The van der Waals surface area contributed by atoms with E-state index in [0.29, 0.717) is 31.8 Å². The lowest BCUT2D eigenvalue weighted by molar-refractivity contribution is -0.122. The van der Waals surface area contributed by atoms with Crippen molar-refractivity contribution in [3.63, 3.8) is 0 Å². The summed E-state index contributed by atoms with van der Waals surface area (Å²) < 4.78 is 13.7. The van der Waals surface area contributed by atoms with E-state index >= 15 is 0 Å². The molecule has 1 fully saturated rings. The highest BCUT2D eigenvalue weighted by Gasteiger charge is 2.39. The van der Waals surface area contributed by atoms with Crippen molar-refractivity contribution in [2.45, 2.75) is 50.9 Å². The van der Waals surface area contributed by atoms with Gasteiger partial charge < -0.3 is 9.47 Å². The molecular weight excluding hydrogens is 448 g/mol. The Bertz CT molecular complexity index is 1260. The molecule has 1 heterocycles. The van der Waals surface area contributed by atoms with Gasteiger partial charge in [0.25, 0.3) is 0 Å². The summed E-state index contributed by atoms with van der Waals surface area (Å²) in [6, 6.07) is 18.7. The van der Waals surface area contributed by atoms with Crippen molar-refractivity contribution in [2.24, 2.45) is 0 Å². The Morgan fingerprint density at radius 2 is 1.75 bits per heavy atom. The van der Waals surface area contributed by atoms with Gasteiger partial charge in [-0.1, -0.05) is 48.1 Å². The van der Waals surface area contributed by atoms with Gasteiger partial charge in [0, 0.05) is 23.8 Å². The van der Waals surface area contributed by atoms with Crippen LogP contribution in [-0.2, 0) is 14.9 Å². The number of hydrogen-bond acceptors (Lipinski definition) is 4. The number of aryl methyl sites for hydroxylation is 1. The minimum absolute atomic E-state index is 0.288. The van der Waals surface area contributed by atoms with Gasteiger partial charge in [-0.05, 0) is 68.5 Å². The minimum Gasteiger partial charge on any atom is -0.497 e. The van der Waals surface area contributed by atoms with E-state index in [2.05, 4.69) is 55.5 Å². The van der Waals surface area contributed by atoms with Crippen LogP contribution in [0.25, 0.3) is 16.9 Å². The zero-order valence-corrected chi connectivity index (χ0v) is 21.2. The zero-order valence-electron chi connectivity index (χ0n) is 21.2. The summed E-state index contributed by atoms with van der Waals surface area (Å²) in [5, 5.41) is 5.18. The Balaban J connectivity index is 1.52. The van der Waals surface area contributed by atoms with Crippen molar-refractivity contribution in [3.05, 3.63) is 89.7 Å². The molecule has 186 valence electrons. The second kappa shape index (κ2) is 10.7. The van der Waals surface area contributed by atoms with Gasteiger partial charge in [-0.2, -0.15) is 5.10 Å². The molecule has 5 nitrogen and oxygen atoms in total. The molecule has 0 N–H and O–H groups in total. The molecule has 1 saturated carbocycles. The number of allylic oxidation sites excluding steroid dienone is 2. The van der Waals surface area contributed by atoms with Gasteiger partial charge in [-0.15, -0.1) is 0 Å². The summed E-state index contributed by atoms with van der Waals surface area (Å²) in [4.78, 5) is 12.2. The van der Waals surface area contributed by atoms with Crippen LogP contribution < -0.4 is 4.74 Å². The van der Waals surface area contributed by atoms with E-state index in [-0.39, 0.29) is 5.41 Å². The molecule has 0 atom stereocenters. The van der Waals surface area contributed by atoms with Crippen LogP contribution in [0.15, 0.2) is 78.4 Å². The van der Waals surface area contributed by atoms with Crippen LogP contribution in [0.4, 0.5) is 0 Å². The number of rotatable bonds is 8. The van der Waals surface area contributed by atoms with E-state index in [1.165, 1.54) is 11.1 Å². The van der Waals surface area contributed by atoms with Crippen molar-refractivity contribution < 1.29 is 14.3 Å². The number of ketones is 1. The molecule has 2 aliphatic rings. The standard InChI is InChI=1S/C31H34N2O3/c1-23-8-10-25(11-9-23)29-20-30(32-33(29)26-12-14-28(35-2)15-13-26)31(18-16-27(34)17-19-31)22-36-21-24-6-4-3-5-7-24/h4,6-15,20H,3,5,16-19,21-22H2,1-2H3. The lowest BCUT2D eigenvalue weighted by atomic mass is 9.72. The van der Waals surface area contributed by atoms with E-state index in [4.69, 9.17) is 14.6 Å². The second-order valence-electron chi connectivity index (χ2n) is 9.96. The maximum Gasteiger partial charge on any atom is 0.132 e. The lowest BCUT2D eigenvalue weighted by Gasteiger charge is -2.35. The number of ether oxygens (including phenoxy) is 2. The Morgan fingerprint density at radius 3 is 2.42 bits per heavy atom. The topological polar surface area (TPSA) is 53.4 Å². The first-order valence-electron chi connectivity index (χ1n) is 12.8. The van der Waals surface area contributed by atoms with Gasteiger partial charge >= 0.3 is 0 Å². The van der Waals surface area contributed by atoms with Crippen LogP contribution in [0.3, 0.4) is 0 Å². The van der Waals surface area contributed by atoms with Crippen molar-refractivity contribution in [3.8, 4) is 22.7 Å². The summed E-state index contributed by atoms with van der Waals surface area (Å²) in [6.45, 7) is 3.24. The Hall–Kier alpha value is -3.44. The molecule has 0 bridgehead atoms. The molecular formula is C31H34N2O3. The summed E-state index contributed by atoms with van der Waals surface area (Å²) >= 11 is 0. The van der Waals surface area contributed by atoms with Crippen LogP contribution in [0, 0.1) is 6.92 Å². The van der Waals surface area contributed by atoms with E-state index in [0.717, 1.165) is 54.1 Å². The highest BCUT2D eigenvalue weighted by atomic mass is 16.5. The highest BCUT2D eigenvalue weighted by Crippen LogP contribution is 2.40. The highest BCUT2D eigenvalue weighted by molar-refractivity contribution is 5.79. The van der Waals surface area contributed by atoms with Crippen molar-refractivity contribution >= 4 is 5.78 Å². The predicted molar refractivity (Wildman–Crippen MR) is 143 cm³/mol. The first-order valence-corrected chi connectivity index (χ1v) is 12.8. The summed E-state index contributed by atoms with van der Waals surface area (Å²) in [7, 11) is 1.67. The average molecular weight is 483 g/mol. The normalized spacial score (nSPS) is 17.2. The first kappa shape index (κ1) is 24.3. The third kappa shape index (κ3) is 5.21. The van der Waals surface area contributed by atoms with E-state index in [1.54, 1.807) is 7.11 Å². The summed E-state index contributed by atoms with van der Waals surface area (Å²) in [6.07, 6.45) is 11.4. The molecule has 0 unspecified atom stereocenters. The van der Waals surface area contributed by atoms with Crippen molar-refractivity contribution in [1.29, 1.82) is 0 Å². The molecule has 0 radical (unpaired) electrons. The number of nitrogens with zero attached hydrogens (tertiary/aromatic N) is 2. The molecule has 0 amide bonds. The molecule has 5 heteroatoms. The fraction of sp³-hybridized carbons (Fsp3) is 0.355. The van der Waals surface area contributed by atoms with E-state index in [9.17, 15) is 4.79 Å². The molecule has 2 aliphatic carbocycles. The van der Waals surface area contributed by atoms with Crippen LogP contribution in [-0.4, -0.2) is 35.9 Å². The molecule has 2 aromatic carbocycles. The number of aromatic nitrogens is 2. The van der Waals surface area contributed by atoms with Crippen LogP contribution in [0.5, 0.6) is 5.75 Å². The van der Waals surface area contributed by atoms with Gasteiger partial charge in [0.15, 0.2) is 0 Å². The number of benzene rings is 2. The third-order valence-corrected chi connectivity index (χ3v) is 7.40. The quantitative estimate of drug-likeness (QED) is 0.366. The number of methoxy groups -OCH3 is 1. The number of carbonyl (C=O) groups excluding carboxylic acids is 1. The molecule has 0 saturated heterocycles. The number of hydrogen-bond donors (Lipinski definition) is 0. The fourth-order valence-corrected chi connectivity index (χ4v) is 5.11. The lowest BCUT2D eigenvalue weighted by Crippen LogP contribution is -2.37. The maximum absolute atomic E-state index is 12.2. The second-order valence-corrected chi connectivity index (χ2v) is 9.96. The maximum atomic E-state index is 12.2. The van der Waals surface area contributed by atoms with Gasteiger partial charge in [-0.3, -0.25) is 4.79 Å². The van der Waals surface area contributed by atoms with Gasteiger partial charge in [0.2, 0.25) is 0 Å². The average Bonchev–Trinajstić information content (AvgIpc) is 3.37. The van der Waals surface area contributed by atoms with E-state index in [1.807, 2.05) is 28.9 Å². The Labute approximate surface area is 213 Å². The van der Waals surface area contributed by atoms with Crippen molar-refractivity contribution in [1.82, 2.24) is 9.78 Å². The molecule has 36 heavy (non-hydrogen) atoms. The van der Waals surface area contributed by atoms with Gasteiger partial charge in [-0.25, -0.2) is 4.68 Å². The number of Topliss-reactive ketones (excluding diaryl/α,β-unsaturated/α-hetero) is 1. The smallest absolute Gasteiger partial charge is 0.132 e. The summed E-state index contributed by atoms with van der Waals surface area (Å²) in [5.74, 6) is 1.14. The fourth-order valence-electron chi connectivity index (χ4n) is 5.11. The van der Waals surface area contributed by atoms with Crippen LogP contribution >= 0.6 is 0 Å². The molecule has 5 rings (SSSR count).